The number of amides is 1. The summed E-state index contributed by atoms with van der Waals surface area (Å²) in [5.74, 6) is 1.13. The van der Waals surface area contributed by atoms with Crippen LogP contribution >= 0.6 is 11.8 Å². The lowest BCUT2D eigenvalue weighted by atomic mass is 10.1. The molecule has 3 aliphatic heterocycles. The van der Waals surface area contributed by atoms with Crippen molar-refractivity contribution in [2.24, 2.45) is 0 Å². The minimum absolute atomic E-state index is 0.200. The number of nitrogens with zero attached hydrogens (tertiary/aromatic N) is 2. The molecule has 128 valence electrons. The molecule has 1 amide bonds. The van der Waals surface area contributed by atoms with E-state index in [-0.39, 0.29) is 5.91 Å². The summed E-state index contributed by atoms with van der Waals surface area (Å²) in [4.78, 5) is 17.6. The Hall–Kier alpha value is -1.46. The van der Waals surface area contributed by atoms with Crippen molar-refractivity contribution >= 4 is 23.4 Å². The molecule has 4 nitrogen and oxygen atoms in total. The van der Waals surface area contributed by atoms with Gasteiger partial charge in [-0.1, -0.05) is 12.1 Å². The monoisotopic (exact) mass is 343 g/mol. The van der Waals surface area contributed by atoms with Gasteiger partial charge in [-0.15, -0.1) is 11.8 Å². The van der Waals surface area contributed by atoms with Gasteiger partial charge in [0, 0.05) is 30.4 Å². The molecule has 0 aromatic heterocycles. The number of nitrogens with one attached hydrogen (secondary N) is 1. The summed E-state index contributed by atoms with van der Waals surface area (Å²) in [6, 6.07) is 8.47. The number of likely N-dealkylation sites (tertiary alicyclic amines) is 2. The lowest BCUT2D eigenvalue weighted by molar-refractivity contribution is 0.0709. The van der Waals surface area contributed by atoms with E-state index < -0.39 is 0 Å². The molecule has 5 heteroatoms. The second-order valence-electron chi connectivity index (χ2n) is 6.90. The summed E-state index contributed by atoms with van der Waals surface area (Å²) in [5.41, 5.74) is 3.14. The van der Waals surface area contributed by atoms with Crippen LogP contribution in [0, 0.1) is 0 Å². The zero-order valence-electron chi connectivity index (χ0n) is 14.0. The van der Waals surface area contributed by atoms with E-state index in [4.69, 9.17) is 0 Å². The fourth-order valence-corrected chi connectivity index (χ4v) is 4.68. The van der Waals surface area contributed by atoms with Crippen LogP contribution in [0.5, 0.6) is 0 Å². The number of hydrogen-bond donors (Lipinski definition) is 1. The molecule has 1 aromatic carbocycles. The maximum Gasteiger partial charge on any atom is 0.254 e. The van der Waals surface area contributed by atoms with Crippen LogP contribution in [0.2, 0.25) is 0 Å². The molecular weight excluding hydrogens is 318 g/mol. The summed E-state index contributed by atoms with van der Waals surface area (Å²) in [6.45, 7) is 4.36. The molecule has 1 unspecified atom stereocenters. The van der Waals surface area contributed by atoms with Crippen LogP contribution in [0.1, 0.15) is 41.6 Å². The number of hydrogen-bond acceptors (Lipinski definition) is 4. The van der Waals surface area contributed by atoms with Gasteiger partial charge < -0.3 is 15.1 Å². The molecule has 0 saturated carbocycles. The second-order valence-corrected chi connectivity index (χ2v) is 7.76. The first-order chi connectivity index (χ1) is 11.8. The van der Waals surface area contributed by atoms with Crippen molar-refractivity contribution in [3.63, 3.8) is 0 Å². The van der Waals surface area contributed by atoms with Crippen molar-refractivity contribution in [1.29, 1.82) is 0 Å². The lowest BCUT2D eigenvalue weighted by Gasteiger charge is -2.28. The molecular formula is C19H25N3OS. The van der Waals surface area contributed by atoms with Gasteiger partial charge in [0.05, 0.1) is 5.88 Å². The van der Waals surface area contributed by atoms with Crippen molar-refractivity contribution in [2.75, 3.05) is 32.1 Å². The second kappa shape index (κ2) is 7.19. The van der Waals surface area contributed by atoms with E-state index in [1.807, 2.05) is 12.1 Å². The van der Waals surface area contributed by atoms with Gasteiger partial charge in [-0.3, -0.25) is 4.79 Å². The Morgan fingerprint density at radius 3 is 2.62 bits per heavy atom. The fraction of sp³-hybridized carbons (Fsp3) is 0.526. The van der Waals surface area contributed by atoms with Gasteiger partial charge in [-0.25, -0.2) is 0 Å². The van der Waals surface area contributed by atoms with Crippen molar-refractivity contribution < 1.29 is 4.79 Å². The minimum atomic E-state index is 0.200. The summed E-state index contributed by atoms with van der Waals surface area (Å²) in [7, 11) is 0. The molecule has 1 atom stereocenters. The normalized spacial score (nSPS) is 24.2. The smallest absolute Gasteiger partial charge is 0.254 e. The van der Waals surface area contributed by atoms with Crippen molar-refractivity contribution in [1.82, 2.24) is 15.1 Å². The maximum absolute atomic E-state index is 12.9. The third-order valence-corrected chi connectivity index (χ3v) is 6.01. The van der Waals surface area contributed by atoms with Crippen LogP contribution in [0.15, 0.2) is 29.7 Å². The highest BCUT2D eigenvalue weighted by Gasteiger charge is 2.31. The van der Waals surface area contributed by atoms with Crippen molar-refractivity contribution in [3.05, 3.63) is 40.8 Å². The van der Waals surface area contributed by atoms with Crippen LogP contribution in [0.4, 0.5) is 0 Å². The van der Waals surface area contributed by atoms with Gasteiger partial charge >= 0.3 is 0 Å². The standard InChI is InChI=1S/C19H25N3OS/c23-19(16-7-5-15(6-8-16)18-13-24-14-20-18)22-11-3-4-17(22)12-21-9-1-2-10-21/h5-8,13,17,20H,1-4,9-12,14H2. The number of carbonyl (C=O) groups is 1. The summed E-state index contributed by atoms with van der Waals surface area (Å²) in [5, 5.41) is 5.49. The van der Waals surface area contributed by atoms with E-state index in [1.54, 1.807) is 11.8 Å². The van der Waals surface area contributed by atoms with Crippen LogP contribution in [-0.2, 0) is 0 Å². The van der Waals surface area contributed by atoms with E-state index in [0.717, 1.165) is 48.6 Å². The van der Waals surface area contributed by atoms with Gasteiger partial charge in [-0.2, -0.15) is 0 Å². The van der Waals surface area contributed by atoms with E-state index in [0.29, 0.717) is 6.04 Å². The maximum atomic E-state index is 12.9. The first-order valence-corrected chi connectivity index (χ1v) is 10.1. The van der Waals surface area contributed by atoms with Crippen molar-refractivity contribution in [2.45, 2.75) is 31.7 Å². The average Bonchev–Trinajstić information content (AvgIpc) is 3.37. The highest BCUT2D eigenvalue weighted by molar-refractivity contribution is 8.02. The summed E-state index contributed by atoms with van der Waals surface area (Å²) in [6.07, 6.45) is 4.90. The molecule has 0 radical (unpaired) electrons. The third kappa shape index (κ3) is 3.33. The van der Waals surface area contributed by atoms with Crippen LogP contribution in [-0.4, -0.2) is 53.8 Å². The molecule has 0 bridgehead atoms. The molecule has 3 aliphatic rings. The Bertz CT molecular complexity index is 622. The molecule has 2 saturated heterocycles. The molecule has 24 heavy (non-hydrogen) atoms. The summed E-state index contributed by atoms with van der Waals surface area (Å²) >= 11 is 1.77. The number of carbonyl (C=O) groups excluding carboxylic acids is 1. The molecule has 3 heterocycles. The van der Waals surface area contributed by atoms with Crippen LogP contribution in [0.3, 0.4) is 0 Å². The molecule has 2 fully saturated rings. The van der Waals surface area contributed by atoms with E-state index in [9.17, 15) is 4.79 Å². The predicted octanol–water partition coefficient (Wildman–Crippen LogP) is 2.98. The van der Waals surface area contributed by atoms with E-state index in [2.05, 4.69) is 32.7 Å². The first-order valence-electron chi connectivity index (χ1n) is 9.01. The molecule has 0 aliphatic carbocycles. The predicted molar refractivity (Wildman–Crippen MR) is 99.7 cm³/mol. The Morgan fingerprint density at radius 1 is 1.12 bits per heavy atom. The summed E-state index contributed by atoms with van der Waals surface area (Å²) < 4.78 is 0. The largest absolute Gasteiger partial charge is 0.375 e. The van der Waals surface area contributed by atoms with Gasteiger partial charge in [0.15, 0.2) is 0 Å². The Morgan fingerprint density at radius 2 is 1.92 bits per heavy atom. The van der Waals surface area contributed by atoms with Crippen molar-refractivity contribution in [3.8, 4) is 0 Å². The molecule has 4 rings (SSSR count). The Kier molecular flexibility index (Phi) is 4.81. The SMILES string of the molecule is O=C(c1ccc(C2=CSCN2)cc1)N1CCCC1CN1CCCC1. The van der Waals surface area contributed by atoms with Crippen LogP contribution in [0.25, 0.3) is 5.70 Å². The topological polar surface area (TPSA) is 35.6 Å². The average molecular weight is 343 g/mol. The number of benzene rings is 1. The zero-order valence-corrected chi connectivity index (χ0v) is 14.9. The van der Waals surface area contributed by atoms with Gasteiger partial charge in [0.2, 0.25) is 0 Å². The highest BCUT2D eigenvalue weighted by Crippen LogP contribution is 2.25. The minimum Gasteiger partial charge on any atom is -0.375 e. The quantitative estimate of drug-likeness (QED) is 0.912. The fourth-order valence-electron chi connectivity index (χ4n) is 3.97. The lowest BCUT2D eigenvalue weighted by Crippen LogP contribution is -2.42. The molecule has 0 spiro atoms. The molecule has 1 N–H and O–H groups in total. The zero-order chi connectivity index (χ0) is 16.4. The first kappa shape index (κ1) is 16.0. The number of thioether (sulfide) groups is 1. The van der Waals surface area contributed by atoms with Gasteiger partial charge in [-0.05, 0) is 61.9 Å². The Balaban J connectivity index is 1.43. The van der Waals surface area contributed by atoms with E-state index >= 15 is 0 Å². The highest BCUT2D eigenvalue weighted by atomic mass is 32.2. The van der Waals surface area contributed by atoms with Crippen LogP contribution < -0.4 is 5.32 Å². The molecule has 1 aromatic rings. The number of rotatable bonds is 4. The van der Waals surface area contributed by atoms with Gasteiger partial charge in [0.1, 0.15) is 0 Å². The third-order valence-electron chi connectivity index (χ3n) is 5.30. The Labute approximate surface area is 148 Å². The van der Waals surface area contributed by atoms with E-state index in [1.165, 1.54) is 25.9 Å². The van der Waals surface area contributed by atoms with Gasteiger partial charge in [0.25, 0.3) is 5.91 Å².